The summed E-state index contributed by atoms with van der Waals surface area (Å²) >= 11 is 0. The number of amides is 3. The first-order valence-corrected chi connectivity index (χ1v) is 9.28. The Morgan fingerprint density at radius 3 is 2.03 bits per heavy atom. The second kappa shape index (κ2) is 10.2. The molecule has 0 aliphatic heterocycles. The Morgan fingerprint density at radius 2 is 1.41 bits per heavy atom. The van der Waals surface area contributed by atoms with Gasteiger partial charge in [0.25, 0.3) is 5.91 Å². The van der Waals surface area contributed by atoms with Crippen LogP contribution in [0.2, 0.25) is 0 Å². The molecule has 3 rings (SSSR count). The van der Waals surface area contributed by atoms with Crippen molar-refractivity contribution in [2.45, 2.75) is 13.0 Å². The molecule has 3 amide bonds. The van der Waals surface area contributed by atoms with Crippen LogP contribution in [0.3, 0.4) is 0 Å². The quantitative estimate of drug-likeness (QED) is 0.483. The van der Waals surface area contributed by atoms with Gasteiger partial charge in [-0.1, -0.05) is 30.3 Å². The van der Waals surface area contributed by atoms with Crippen LogP contribution in [0.25, 0.3) is 0 Å². The number of hydrogen-bond donors (Lipinski definition) is 3. The Morgan fingerprint density at radius 1 is 0.781 bits per heavy atom. The van der Waals surface area contributed by atoms with Crippen LogP contribution in [0.5, 0.6) is 11.5 Å². The van der Waals surface area contributed by atoms with E-state index in [1.165, 1.54) is 24.3 Å². The molecule has 3 aromatic carbocycles. The van der Waals surface area contributed by atoms with Crippen LogP contribution in [0, 0.1) is 0 Å². The maximum atomic E-state index is 12.2. The summed E-state index contributed by atoms with van der Waals surface area (Å²) in [6.45, 7) is 0.386. The Kier molecular flexibility index (Phi) is 7.17. The fraction of sp³-hybridized carbons (Fsp3) is 0.0909. The third-order valence-corrected chi connectivity index (χ3v) is 4.00. The van der Waals surface area contributed by atoms with E-state index in [1.807, 2.05) is 30.3 Å². The number of rotatable bonds is 6. The zero-order valence-corrected chi connectivity index (χ0v) is 16.5. The van der Waals surface area contributed by atoms with Crippen LogP contribution >= 0.6 is 0 Å². The molecule has 0 spiro atoms. The summed E-state index contributed by atoms with van der Waals surface area (Å²) < 4.78 is 45.8. The maximum absolute atomic E-state index is 12.2. The Balaban J connectivity index is 1.44. The highest BCUT2D eigenvalue weighted by Gasteiger charge is 2.30. The van der Waals surface area contributed by atoms with Gasteiger partial charge >= 0.3 is 12.4 Å². The molecule has 0 bridgehead atoms. The van der Waals surface area contributed by atoms with Gasteiger partial charge in [0, 0.05) is 11.3 Å². The zero-order valence-electron chi connectivity index (χ0n) is 16.5. The predicted octanol–water partition coefficient (Wildman–Crippen LogP) is 4.63. The number of alkyl halides is 3. The largest absolute Gasteiger partial charge is 0.573 e. The second-order valence-electron chi connectivity index (χ2n) is 6.40. The summed E-state index contributed by atoms with van der Waals surface area (Å²) in [6.07, 6.45) is -4.80. The van der Waals surface area contributed by atoms with E-state index >= 15 is 0 Å². The van der Waals surface area contributed by atoms with E-state index in [1.54, 1.807) is 12.1 Å². The number of hydrazine groups is 1. The summed E-state index contributed by atoms with van der Waals surface area (Å²) in [5, 5.41) is 2.36. The molecule has 10 heteroatoms. The van der Waals surface area contributed by atoms with Crippen LogP contribution < -0.4 is 25.6 Å². The molecular weight excluding hydrogens is 427 g/mol. The van der Waals surface area contributed by atoms with Gasteiger partial charge in [-0.15, -0.1) is 13.2 Å². The number of hydrogen-bond acceptors (Lipinski definition) is 4. The molecule has 0 unspecified atom stereocenters. The summed E-state index contributed by atoms with van der Waals surface area (Å²) in [5.74, 6) is -0.411. The highest BCUT2D eigenvalue weighted by atomic mass is 19.4. The fourth-order valence-corrected chi connectivity index (χ4v) is 2.53. The van der Waals surface area contributed by atoms with Crippen molar-refractivity contribution in [3.05, 3.63) is 90.0 Å². The molecule has 0 atom stereocenters. The minimum Gasteiger partial charge on any atom is -0.489 e. The first-order valence-electron chi connectivity index (χ1n) is 9.28. The van der Waals surface area contributed by atoms with E-state index < -0.39 is 24.1 Å². The molecule has 32 heavy (non-hydrogen) atoms. The van der Waals surface area contributed by atoms with Crippen LogP contribution in [0.15, 0.2) is 78.9 Å². The van der Waals surface area contributed by atoms with E-state index in [2.05, 4.69) is 20.9 Å². The van der Waals surface area contributed by atoms with Gasteiger partial charge in [0.2, 0.25) is 0 Å². The van der Waals surface area contributed by atoms with Crippen molar-refractivity contribution in [2.75, 3.05) is 5.32 Å². The van der Waals surface area contributed by atoms with Gasteiger partial charge in [-0.3, -0.25) is 10.2 Å². The van der Waals surface area contributed by atoms with Gasteiger partial charge < -0.3 is 14.8 Å². The topological polar surface area (TPSA) is 88.7 Å². The SMILES string of the molecule is O=C(NNC(=O)c1ccc(OCc2ccccc2)cc1)Nc1ccc(OC(F)(F)F)cc1. The Bertz CT molecular complexity index is 1040. The van der Waals surface area contributed by atoms with Gasteiger partial charge in [-0.2, -0.15) is 0 Å². The molecule has 0 heterocycles. The summed E-state index contributed by atoms with van der Waals surface area (Å²) in [7, 11) is 0. The molecule has 3 N–H and O–H groups in total. The summed E-state index contributed by atoms with van der Waals surface area (Å²) in [5.41, 5.74) is 5.86. The highest BCUT2D eigenvalue weighted by Crippen LogP contribution is 2.23. The van der Waals surface area contributed by atoms with E-state index in [-0.39, 0.29) is 11.3 Å². The van der Waals surface area contributed by atoms with Gasteiger partial charge in [0.15, 0.2) is 0 Å². The summed E-state index contributed by atoms with van der Waals surface area (Å²) in [4.78, 5) is 24.0. The molecule has 0 saturated heterocycles. The van der Waals surface area contributed by atoms with E-state index in [0.717, 1.165) is 17.7 Å². The number of ether oxygens (including phenoxy) is 2. The van der Waals surface area contributed by atoms with Gasteiger partial charge in [0.1, 0.15) is 18.1 Å². The molecule has 0 saturated carbocycles. The van der Waals surface area contributed by atoms with Crippen LogP contribution in [0.1, 0.15) is 15.9 Å². The lowest BCUT2D eigenvalue weighted by Crippen LogP contribution is -2.43. The first-order chi connectivity index (χ1) is 15.3. The van der Waals surface area contributed by atoms with Crippen molar-refractivity contribution in [1.29, 1.82) is 0 Å². The predicted molar refractivity (Wildman–Crippen MR) is 110 cm³/mol. The monoisotopic (exact) mass is 445 g/mol. The molecule has 7 nitrogen and oxygen atoms in total. The molecular formula is C22H18F3N3O4. The average Bonchev–Trinajstić information content (AvgIpc) is 2.77. The maximum Gasteiger partial charge on any atom is 0.573 e. The highest BCUT2D eigenvalue weighted by molar-refractivity contribution is 5.97. The normalized spacial score (nSPS) is 10.7. The van der Waals surface area contributed by atoms with Gasteiger partial charge in [-0.25, -0.2) is 10.2 Å². The molecule has 0 aliphatic rings. The third kappa shape index (κ3) is 7.24. The molecule has 166 valence electrons. The minimum absolute atomic E-state index is 0.200. The number of carbonyl (C=O) groups is 2. The molecule has 0 aliphatic carbocycles. The number of halogens is 3. The molecule has 3 aromatic rings. The summed E-state index contributed by atoms with van der Waals surface area (Å²) in [6, 6.07) is 19.7. The van der Waals surface area contributed by atoms with Gasteiger partial charge in [0.05, 0.1) is 0 Å². The van der Waals surface area contributed by atoms with Crippen molar-refractivity contribution in [3.8, 4) is 11.5 Å². The third-order valence-electron chi connectivity index (χ3n) is 4.00. The fourth-order valence-electron chi connectivity index (χ4n) is 2.53. The molecule has 0 radical (unpaired) electrons. The Labute approximate surface area is 181 Å². The number of anilines is 1. The van der Waals surface area contributed by atoms with E-state index in [0.29, 0.717) is 12.4 Å². The van der Waals surface area contributed by atoms with Crippen molar-refractivity contribution in [2.24, 2.45) is 0 Å². The van der Waals surface area contributed by atoms with Crippen LogP contribution in [-0.4, -0.2) is 18.3 Å². The minimum atomic E-state index is -4.80. The zero-order chi connectivity index (χ0) is 23.0. The van der Waals surface area contributed by atoms with Crippen molar-refractivity contribution in [1.82, 2.24) is 10.9 Å². The van der Waals surface area contributed by atoms with E-state index in [9.17, 15) is 22.8 Å². The lowest BCUT2D eigenvalue weighted by Gasteiger charge is -2.11. The Hall–Kier alpha value is -4.21. The second-order valence-corrected chi connectivity index (χ2v) is 6.40. The lowest BCUT2D eigenvalue weighted by atomic mass is 10.2. The van der Waals surface area contributed by atoms with Crippen molar-refractivity contribution in [3.63, 3.8) is 0 Å². The van der Waals surface area contributed by atoms with Crippen molar-refractivity contribution < 1.29 is 32.2 Å². The first kappa shape index (κ1) is 22.5. The van der Waals surface area contributed by atoms with Gasteiger partial charge in [-0.05, 0) is 54.1 Å². The van der Waals surface area contributed by atoms with Crippen LogP contribution in [0.4, 0.5) is 23.7 Å². The average molecular weight is 445 g/mol. The number of benzene rings is 3. The molecule has 0 fully saturated rings. The number of carbonyl (C=O) groups excluding carboxylic acids is 2. The number of nitrogens with one attached hydrogen (secondary N) is 3. The molecule has 0 aromatic heterocycles. The van der Waals surface area contributed by atoms with Crippen LogP contribution in [-0.2, 0) is 6.61 Å². The smallest absolute Gasteiger partial charge is 0.489 e. The van der Waals surface area contributed by atoms with E-state index in [4.69, 9.17) is 4.74 Å². The number of urea groups is 1. The van der Waals surface area contributed by atoms with Crippen molar-refractivity contribution >= 4 is 17.6 Å². The lowest BCUT2D eigenvalue weighted by molar-refractivity contribution is -0.274. The standard InChI is InChI=1S/C22H18F3N3O4/c23-22(24,25)32-19-12-8-17(9-13-19)26-21(30)28-27-20(29)16-6-10-18(11-7-16)31-14-15-4-2-1-3-5-15/h1-13H,14H2,(H,27,29)(H2,26,28,30).